The van der Waals surface area contributed by atoms with Crippen LogP contribution in [0.15, 0.2) is 64.6 Å². The summed E-state index contributed by atoms with van der Waals surface area (Å²) < 4.78 is 11.3. The van der Waals surface area contributed by atoms with Crippen molar-refractivity contribution < 1.29 is 18.7 Å². The zero-order valence-corrected chi connectivity index (χ0v) is 19.3. The van der Waals surface area contributed by atoms with Crippen molar-refractivity contribution in [3.63, 3.8) is 0 Å². The number of aromatic nitrogens is 1. The molecular formula is C25H23N3O4S. The van der Waals surface area contributed by atoms with Crippen molar-refractivity contribution in [2.75, 3.05) is 19.5 Å². The van der Waals surface area contributed by atoms with Crippen LogP contribution in [-0.2, 0) is 16.0 Å². The van der Waals surface area contributed by atoms with Gasteiger partial charge in [0.25, 0.3) is 0 Å². The Morgan fingerprint density at radius 1 is 1.21 bits per heavy atom. The first-order valence-electron chi connectivity index (χ1n) is 10.3. The molecule has 0 bridgehead atoms. The second kappa shape index (κ2) is 9.70. The summed E-state index contributed by atoms with van der Waals surface area (Å²) in [5.41, 5.74) is 4.85. The van der Waals surface area contributed by atoms with E-state index in [1.165, 1.54) is 17.4 Å². The minimum atomic E-state index is -0.314. The lowest BCUT2D eigenvalue weighted by Gasteiger charge is -2.10. The summed E-state index contributed by atoms with van der Waals surface area (Å²) in [4.78, 5) is 28.4. The highest BCUT2D eigenvalue weighted by Gasteiger charge is 2.15. The Labute approximate surface area is 195 Å². The first-order chi connectivity index (χ1) is 16.0. The van der Waals surface area contributed by atoms with E-state index >= 15 is 0 Å². The van der Waals surface area contributed by atoms with Crippen molar-refractivity contribution in [3.05, 3.63) is 71.4 Å². The third kappa shape index (κ3) is 4.96. The summed E-state index contributed by atoms with van der Waals surface area (Å²) in [6, 6.07) is 13.8. The summed E-state index contributed by atoms with van der Waals surface area (Å²) in [7, 11) is 3.16. The van der Waals surface area contributed by atoms with Crippen LogP contribution in [-0.4, -0.2) is 31.0 Å². The summed E-state index contributed by atoms with van der Waals surface area (Å²) in [6.07, 6.45) is 3.41. The molecule has 0 aliphatic carbocycles. The fourth-order valence-electron chi connectivity index (χ4n) is 3.49. The number of nitrogens with one attached hydrogen (secondary N) is 2. The molecule has 4 rings (SSSR count). The van der Waals surface area contributed by atoms with Crippen LogP contribution in [0, 0.1) is 0 Å². The second-order valence-corrected chi connectivity index (χ2v) is 8.23. The van der Waals surface area contributed by atoms with Gasteiger partial charge in [-0.25, -0.2) is 4.98 Å². The van der Waals surface area contributed by atoms with Crippen LogP contribution in [0.2, 0.25) is 0 Å². The van der Waals surface area contributed by atoms with Crippen LogP contribution < -0.4 is 15.4 Å². The number of methoxy groups -OCH3 is 1. The molecule has 0 radical (unpaired) electrons. The number of nitrogens with zero attached hydrogens (tertiary/aromatic N) is 1. The maximum Gasteiger partial charge on any atom is 0.250 e. The number of ether oxygens (including phenoxy) is 1. The number of carbonyl (C=O) groups excluding carboxylic acids is 2. The molecule has 2 amide bonds. The number of furan rings is 1. The van der Waals surface area contributed by atoms with Crippen molar-refractivity contribution in [3.8, 4) is 16.9 Å². The molecule has 168 valence electrons. The number of fused-ring (bicyclic) bond motifs is 1. The van der Waals surface area contributed by atoms with Gasteiger partial charge in [0.05, 0.1) is 25.5 Å². The van der Waals surface area contributed by atoms with Gasteiger partial charge < -0.3 is 14.5 Å². The van der Waals surface area contributed by atoms with E-state index in [9.17, 15) is 9.59 Å². The molecule has 0 spiro atoms. The zero-order chi connectivity index (χ0) is 23.4. The number of anilines is 1. The minimum absolute atomic E-state index is 0.134. The predicted octanol–water partition coefficient (Wildman–Crippen LogP) is 4.90. The van der Waals surface area contributed by atoms with Crippen LogP contribution in [0.5, 0.6) is 5.75 Å². The van der Waals surface area contributed by atoms with Gasteiger partial charge in [-0.2, -0.15) is 0 Å². The third-order valence-corrected chi connectivity index (χ3v) is 5.96. The minimum Gasteiger partial charge on any atom is -0.496 e. The Balaban J connectivity index is 1.60. The number of likely N-dealkylation sites (N-methyl/N-ethyl adjacent to an activating group) is 1. The van der Waals surface area contributed by atoms with Gasteiger partial charge in [0.1, 0.15) is 11.3 Å². The number of amides is 2. The molecule has 4 aromatic rings. The Bertz CT molecular complexity index is 1340. The van der Waals surface area contributed by atoms with Gasteiger partial charge in [0.15, 0.2) is 5.13 Å². The van der Waals surface area contributed by atoms with Crippen molar-refractivity contribution >= 4 is 44.8 Å². The summed E-state index contributed by atoms with van der Waals surface area (Å²) in [6.45, 7) is 1.85. The second-order valence-electron chi connectivity index (χ2n) is 7.37. The van der Waals surface area contributed by atoms with Crippen LogP contribution in [0.25, 0.3) is 27.7 Å². The number of rotatable bonds is 7. The van der Waals surface area contributed by atoms with E-state index in [-0.39, 0.29) is 18.2 Å². The van der Waals surface area contributed by atoms with E-state index in [2.05, 4.69) is 15.6 Å². The molecule has 0 saturated carbocycles. The average Bonchev–Trinajstić information content (AvgIpc) is 3.44. The largest absolute Gasteiger partial charge is 0.496 e. The van der Waals surface area contributed by atoms with Gasteiger partial charge in [-0.05, 0) is 24.1 Å². The Kier molecular flexibility index (Phi) is 6.55. The summed E-state index contributed by atoms with van der Waals surface area (Å²) in [5, 5.41) is 8.44. The predicted molar refractivity (Wildman–Crippen MR) is 130 cm³/mol. The monoisotopic (exact) mass is 461 g/mol. The lowest BCUT2D eigenvalue weighted by molar-refractivity contribution is -0.120. The van der Waals surface area contributed by atoms with Crippen molar-refractivity contribution in [1.82, 2.24) is 10.3 Å². The highest BCUT2D eigenvalue weighted by Crippen LogP contribution is 2.37. The summed E-state index contributed by atoms with van der Waals surface area (Å²) >= 11 is 1.27. The van der Waals surface area contributed by atoms with Gasteiger partial charge in [0.2, 0.25) is 11.8 Å². The fourth-order valence-corrected chi connectivity index (χ4v) is 4.20. The third-order valence-electron chi connectivity index (χ3n) is 5.16. The van der Waals surface area contributed by atoms with Crippen molar-refractivity contribution in [1.29, 1.82) is 0 Å². The number of hydrogen-bond donors (Lipinski definition) is 2. The number of allylic oxidation sites excluding steroid dienone is 1. The van der Waals surface area contributed by atoms with Crippen LogP contribution in [0.3, 0.4) is 0 Å². The Hall–Kier alpha value is -3.91. The van der Waals surface area contributed by atoms with Crippen molar-refractivity contribution in [2.24, 2.45) is 0 Å². The normalized spacial score (nSPS) is 11.4. The topological polar surface area (TPSA) is 93.5 Å². The Morgan fingerprint density at radius 2 is 2.00 bits per heavy atom. The van der Waals surface area contributed by atoms with Crippen LogP contribution >= 0.6 is 11.3 Å². The Morgan fingerprint density at radius 3 is 2.73 bits per heavy atom. The molecule has 8 heteroatoms. The fraction of sp³-hybridized carbons (Fsp3) is 0.160. The highest BCUT2D eigenvalue weighted by atomic mass is 32.1. The molecule has 0 fully saturated rings. The first-order valence-corrected chi connectivity index (χ1v) is 11.2. The van der Waals surface area contributed by atoms with Gasteiger partial charge in [-0.15, -0.1) is 11.3 Å². The molecule has 2 N–H and O–H groups in total. The van der Waals surface area contributed by atoms with Gasteiger partial charge in [-0.3, -0.25) is 14.9 Å². The molecule has 2 heterocycles. The van der Waals surface area contributed by atoms with Gasteiger partial charge >= 0.3 is 0 Å². The molecule has 0 aliphatic heterocycles. The molecule has 2 aromatic carbocycles. The van der Waals surface area contributed by atoms with E-state index in [0.29, 0.717) is 22.2 Å². The maximum absolute atomic E-state index is 12.6. The van der Waals surface area contributed by atoms with Gasteiger partial charge in [-0.1, -0.05) is 30.3 Å². The molecule has 0 saturated heterocycles. The number of carbonyl (C=O) groups is 2. The first kappa shape index (κ1) is 22.3. The van der Waals surface area contributed by atoms with Crippen LogP contribution in [0.4, 0.5) is 5.13 Å². The van der Waals surface area contributed by atoms with Crippen LogP contribution in [0.1, 0.15) is 18.2 Å². The van der Waals surface area contributed by atoms with E-state index in [1.807, 2.05) is 49.4 Å². The van der Waals surface area contributed by atoms with E-state index in [1.54, 1.807) is 25.8 Å². The number of benzene rings is 2. The molecular weight excluding hydrogens is 438 g/mol. The molecule has 33 heavy (non-hydrogen) atoms. The van der Waals surface area contributed by atoms with Crippen molar-refractivity contribution in [2.45, 2.75) is 13.3 Å². The van der Waals surface area contributed by atoms with Gasteiger partial charge in [0, 0.05) is 41.1 Å². The maximum atomic E-state index is 12.6. The lowest BCUT2D eigenvalue weighted by atomic mass is 9.99. The highest BCUT2D eigenvalue weighted by molar-refractivity contribution is 7.14. The SMILES string of the molecule is CNC(=O)Cc1csc(NC(=O)/C=C(\C)c2cc3c(-c4ccccc4)coc3cc2OC)n1. The quantitative estimate of drug-likeness (QED) is 0.382. The number of thiazole rings is 1. The lowest BCUT2D eigenvalue weighted by Crippen LogP contribution is -2.20. The summed E-state index contributed by atoms with van der Waals surface area (Å²) in [5.74, 6) is 0.164. The molecule has 0 atom stereocenters. The molecule has 0 aliphatic rings. The molecule has 2 aromatic heterocycles. The smallest absolute Gasteiger partial charge is 0.250 e. The van der Waals surface area contributed by atoms with E-state index in [0.717, 1.165) is 27.6 Å². The average molecular weight is 462 g/mol. The molecule has 7 nitrogen and oxygen atoms in total. The number of hydrogen-bond acceptors (Lipinski definition) is 6. The standard InChI is InChI=1S/C25H23N3O4S/c1-15(9-24(30)28-25-27-17(14-33-25)10-23(29)26-2)18-11-19-20(16-7-5-4-6-8-16)13-32-22(19)12-21(18)31-3/h4-9,11-14H,10H2,1-3H3,(H,26,29)(H,27,28,30)/b15-9+. The van der Waals surface area contributed by atoms with E-state index < -0.39 is 0 Å². The van der Waals surface area contributed by atoms with E-state index in [4.69, 9.17) is 9.15 Å². The zero-order valence-electron chi connectivity index (χ0n) is 18.5. The molecule has 0 unspecified atom stereocenters.